The van der Waals surface area contributed by atoms with Crippen LogP contribution < -0.4 is 0 Å². The van der Waals surface area contributed by atoms with Crippen LogP contribution in [0, 0.1) is 0 Å². The lowest BCUT2D eigenvalue weighted by Crippen LogP contribution is -2.04. The molecule has 2 aromatic carbocycles. The molecule has 0 bridgehead atoms. The fraction of sp³-hybridized carbons (Fsp3) is 0.375. The number of esters is 1. The Balaban J connectivity index is 1.82. The van der Waals surface area contributed by atoms with Crippen molar-refractivity contribution in [3.8, 4) is 0 Å². The number of hydrogen-bond donors (Lipinski definition) is 0. The predicted octanol–water partition coefficient (Wildman–Crippen LogP) is 6.25. The summed E-state index contributed by atoms with van der Waals surface area (Å²) in [7, 11) is 0. The first-order chi connectivity index (χ1) is 12.6. The number of fused-ring (bicyclic) bond motifs is 1. The monoisotopic (exact) mass is 348 g/mol. The van der Waals surface area contributed by atoms with Crippen molar-refractivity contribution < 1.29 is 9.53 Å². The van der Waals surface area contributed by atoms with Crippen LogP contribution in [-0.2, 0) is 11.2 Å². The second-order valence-corrected chi connectivity index (χ2v) is 7.23. The van der Waals surface area contributed by atoms with Gasteiger partial charge in [-0.15, -0.1) is 0 Å². The van der Waals surface area contributed by atoms with Crippen LogP contribution in [0.1, 0.15) is 78.6 Å². The van der Waals surface area contributed by atoms with Gasteiger partial charge in [0.2, 0.25) is 0 Å². The average Bonchev–Trinajstić information content (AvgIpc) is 2.83. The number of carbonyl (C=O) groups is 1. The molecule has 0 saturated heterocycles. The van der Waals surface area contributed by atoms with Gasteiger partial charge in [-0.2, -0.15) is 0 Å². The summed E-state index contributed by atoms with van der Waals surface area (Å²) < 4.78 is 5.04. The highest BCUT2D eigenvalue weighted by Gasteiger charge is 2.15. The molecule has 0 heterocycles. The second-order valence-electron chi connectivity index (χ2n) is 7.23. The molecule has 0 saturated carbocycles. The number of benzene rings is 2. The first-order valence-corrected chi connectivity index (χ1v) is 9.67. The van der Waals surface area contributed by atoms with Gasteiger partial charge >= 0.3 is 5.97 Å². The number of aryl methyl sites for hydroxylation is 1. The maximum absolute atomic E-state index is 11.8. The Morgan fingerprint density at radius 2 is 1.85 bits per heavy atom. The van der Waals surface area contributed by atoms with Crippen molar-refractivity contribution in [2.75, 3.05) is 6.61 Å². The molecule has 1 atom stereocenters. The minimum absolute atomic E-state index is 0.264. The topological polar surface area (TPSA) is 26.3 Å². The lowest BCUT2D eigenvalue weighted by atomic mass is 9.90. The van der Waals surface area contributed by atoms with E-state index >= 15 is 0 Å². The quantitative estimate of drug-likeness (QED) is 0.371. The van der Waals surface area contributed by atoms with Crippen molar-refractivity contribution in [3.05, 3.63) is 70.3 Å². The van der Waals surface area contributed by atoms with Gasteiger partial charge in [0.15, 0.2) is 0 Å². The highest BCUT2D eigenvalue weighted by atomic mass is 16.5. The van der Waals surface area contributed by atoms with Gasteiger partial charge in [0.25, 0.3) is 0 Å². The van der Waals surface area contributed by atoms with Gasteiger partial charge in [0, 0.05) is 0 Å². The van der Waals surface area contributed by atoms with Gasteiger partial charge in [0.05, 0.1) is 12.2 Å². The predicted molar refractivity (Wildman–Crippen MR) is 108 cm³/mol. The van der Waals surface area contributed by atoms with Crippen LogP contribution in [0.4, 0.5) is 0 Å². The van der Waals surface area contributed by atoms with Crippen molar-refractivity contribution in [3.63, 3.8) is 0 Å². The molecule has 0 amide bonds. The number of rotatable bonds is 4. The van der Waals surface area contributed by atoms with E-state index in [1.54, 1.807) is 0 Å². The Hall–Kier alpha value is -2.35. The zero-order chi connectivity index (χ0) is 18.5. The Labute approximate surface area is 156 Å². The van der Waals surface area contributed by atoms with E-state index in [1.807, 2.05) is 31.2 Å². The van der Waals surface area contributed by atoms with E-state index in [0.29, 0.717) is 18.1 Å². The Morgan fingerprint density at radius 1 is 1.12 bits per heavy atom. The smallest absolute Gasteiger partial charge is 0.338 e. The van der Waals surface area contributed by atoms with Crippen LogP contribution >= 0.6 is 0 Å². The van der Waals surface area contributed by atoms with Gasteiger partial charge in [-0.05, 0) is 79.0 Å². The van der Waals surface area contributed by atoms with Gasteiger partial charge in [-0.1, -0.05) is 49.8 Å². The van der Waals surface area contributed by atoms with Crippen LogP contribution in [0.5, 0.6) is 0 Å². The molecule has 0 aromatic heterocycles. The molecule has 2 heteroatoms. The van der Waals surface area contributed by atoms with E-state index in [1.165, 1.54) is 47.9 Å². The van der Waals surface area contributed by atoms with Gasteiger partial charge in [-0.25, -0.2) is 4.79 Å². The van der Waals surface area contributed by atoms with E-state index in [4.69, 9.17) is 4.74 Å². The maximum Gasteiger partial charge on any atom is 0.338 e. The Morgan fingerprint density at radius 3 is 2.58 bits per heavy atom. The summed E-state index contributed by atoms with van der Waals surface area (Å²) in [5.41, 5.74) is 7.26. The van der Waals surface area contributed by atoms with E-state index in [0.717, 1.165) is 5.56 Å². The van der Waals surface area contributed by atoms with E-state index in [9.17, 15) is 4.79 Å². The lowest BCUT2D eigenvalue weighted by molar-refractivity contribution is 0.0526. The summed E-state index contributed by atoms with van der Waals surface area (Å²) >= 11 is 0. The molecule has 0 spiro atoms. The number of carbonyl (C=O) groups excluding carboxylic acids is 1. The van der Waals surface area contributed by atoms with Crippen LogP contribution in [0.2, 0.25) is 0 Å². The first kappa shape index (κ1) is 18.4. The largest absolute Gasteiger partial charge is 0.462 e. The fourth-order valence-corrected chi connectivity index (χ4v) is 3.71. The molecular formula is C24H28O2. The third kappa shape index (κ3) is 4.24. The minimum atomic E-state index is -0.264. The van der Waals surface area contributed by atoms with Crippen LogP contribution in [-0.4, -0.2) is 12.6 Å². The highest BCUT2D eigenvalue weighted by molar-refractivity contribution is 5.90. The molecule has 136 valence electrons. The Bertz CT molecular complexity index is 799. The number of hydrogen-bond acceptors (Lipinski definition) is 2. The average molecular weight is 348 g/mol. The van der Waals surface area contributed by atoms with Crippen molar-refractivity contribution >= 4 is 17.6 Å². The molecule has 26 heavy (non-hydrogen) atoms. The second kappa shape index (κ2) is 8.35. The molecule has 1 unspecified atom stereocenters. The highest BCUT2D eigenvalue weighted by Crippen LogP contribution is 2.32. The van der Waals surface area contributed by atoms with E-state index in [-0.39, 0.29) is 5.97 Å². The molecule has 0 N–H and O–H groups in total. The zero-order valence-electron chi connectivity index (χ0n) is 16.0. The standard InChI is InChI=1S/C24H28O2/c1-4-26-24(25)21-11-9-19(10-12-21)15-18(3)22-14-13-20-8-6-5-7-17(2)23(20)16-22/h9-17H,4-8H2,1-3H3/b18-15+. The molecule has 0 radical (unpaired) electrons. The molecule has 2 aromatic rings. The molecule has 1 aliphatic rings. The van der Waals surface area contributed by atoms with Gasteiger partial charge < -0.3 is 4.74 Å². The number of ether oxygens (including phenoxy) is 1. The minimum Gasteiger partial charge on any atom is -0.462 e. The SMILES string of the molecule is CCOC(=O)c1ccc(/C=C(\C)c2ccc3c(c2)C(C)CCCC3)cc1. The lowest BCUT2D eigenvalue weighted by Gasteiger charge is -2.15. The Kier molecular flexibility index (Phi) is 5.92. The summed E-state index contributed by atoms with van der Waals surface area (Å²) in [5.74, 6) is 0.378. The molecule has 2 nitrogen and oxygen atoms in total. The van der Waals surface area contributed by atoms with Gasteiger partial charge in [-0.3, -0.25) is 0 Å². The summed E-state index contributed by atoms with van der Waals surface area (Å²) in [6.45, 7) is 6.72. The van der Waals surface area contributed by atoms with Crippen molar-refractivity contribution in [2.45, 2.75) is 52.4 Å². The first-order valence-electron chi connectivity index (χ1n) is 9.67. The summed E-state index contributed by atoms with van der Waals surface area (Å²) in [6, 6.07) is 14.5. The molecule has 0 fully saturated rings. The molecule has 1 aliphatic carbocycles. The normalized spacial score (nSPS) is 17.3. The number of allylic oxidation sites excluding steroid dienone is 1. The van der Waals surface area contributed by atoms with Crippen LogP contribution in [0.25, 0.3) is 11.6 Å². The van der Waals surface area contributed by atoms with E-state index in [2.05, 4.69) is 38.1 Å². The van der Waals surface area contributed by atoms with Crippen LogP contribution in [0.15, 0.2) is 42.5 Å². The summed E-state index contributed by atoms with van der Waals surface area (Å²) in [5, 5.41) is 0. The van der Waals surface area contributed by atoms with Gasteiger partial charge in [0.1, 0.15) is 0 Å². The van der Waals surface area contributed by atoms with Crippen molar-refractivity contribution in [1.82, 2.24) is 0 Å². The molecular weight excluding hydrogens is 320 g/mol. The fourth-order valence-electron chi connectivity index (χ4n) is 3.71. The van der Waals surface area contributed by atoms with Crippen molar-refractivity contribution in [2.24, 2.45) is 0 Å². The molecule has 0 aliphatic heterocycles. The van der Waals surface area contributed by atoms with Crippen molar-refractivity contribution in [1.29, 1.82) is 0 Å². The van der Waals surface area contributed by atoms with Crippen LogP contribution in [0.3, 0.4) is 0 Å². The summed E-state index contributed by atoms with van der Waals surface area (Å²) in [4.78, 5) is 11.8. The zero-order valence-corrected chi connectivity index (χ0v) is 16.0. The summed E-state index contributed by atoms with van der Waals surface area (Å²) in [6.07, 6.45) is 7.30. The maximum atomic E-state index is 11.8. The third-order valence-electron chi connectivity index (χ3n) is 5.27. The third-order valence-corrected chi connectivity index (χ3v) is 5.27. The molecule has 3 rings (SSSR count). The van der Waals surface area contributed by atoms with E-state index < -0.39 is 0 Å².